The number of aryl methyl sites for hydroxylation is 5. The Hall–Kier alpha value is -4.00. The lowest BCUT2D eigenvalue weighted by atomic mass is 10.1. The van der Waals surface area contributed by atoms with Crippen LogP contribution in [0.2, 0.25) is 0 Å². The summed E-state index contributed by atoms with van der Waals surface area (Å²) in [6.07, 6.45) is 1.97. The topological polar surface area (TPSA) is 83.2 Å². The van der Waals surface area contributed by atoms with Gasteiger partial charge in [0.25, 0.3) is 5.56 Å². The molecular formula is C31H35N3O4. The van der Waals surface area contributed by atoms with Gasteiger partial charge in [0.05, 0.1) is 17.5 Å². The Bertz CT molecular complexity index is 1560. The van der Waals surface area contributed by atoms with Gasteiger partial charge in [-0.3, -0.25) is 14.4 Å². The predicted octanol–water partition coefficient (Wildman–Crippen LogP) is 5.58. The Morgan fingerprint density at radius 2 is 1.74 bits per heavy atom. The van der Waals surface area contributed by atoms with Crippen LogP contribution >= 0.6 is 0 Å². The van der Waals surface area contributed by atoms with Crippen LogP contribution in [0.5, 0.6) is 0 Å². The van der Waals surface area contributed by atoms with Crippen LogP contribution < -0.4 is 5.56 Å². The first-order valence-corrected chi connectivity index (χ1v) is 13.1. The van der Waals surface area contributed by atoms with E-state index in [9.17, 15) is 14.4 Å². The molecule has 0 bridgehead atoms. The first-order chi connectivity index (χ1) is 18.2. The number of fused-ring (bicyclic) bond motifs is 1. The lowest BCUT2D eigenvalue weighted by molar-refractivity contribution is -0.142. The summed E-state index contributed by atoms with van der Waals surface area (Å²) in [7, 11) is 0. The summed E-state index contributed by atoms with van der Waals surface area (Å²) in [4.78, 5) is 43.1. The fourth-order valence-corrected chi connectivity index (χ4v) is 4.77. The molecule has 0 spiro atoms. The summed E-state index contributed by atoms with van der Waals surface area (Å²) >= 11 is 0. The standard InChI is InChI=1S/C31H35N3O4/c1-6-7-16-33-28-11-9-8-10-26(28)32-27(31(33)37)14-15-30(36)38-19-29(35)25-18-22(4)34(23(25)5)24-13-12-20(2)21(3)17-24/h8-13,17-18H,6-7,14-16,19H2,1-5H3. The van der Waals surface area contributed by atoms with Gasteiger partial charge in [0.15, 0.2) is 6.61 Å². The number of unbranched alkanes of at least 4 members (excludes halogenated alkanes) is 1. The summed E-state index contributed by atoms with van der Waals surface area (Å²) in [6, 6.07) is 15.6. The monoisotopic (exact) mass is 513 g/mol. The van der Waals surface area contributed by atoms with Gasteiger partial charge in [0, 0.05) is 35.6 Å². The average Bonchev–Trinajstić information content (AvgIpc) is 3.20. The van der Waals surface area contributed by atoms with Gasteiger partial charge >= 0.3 is 5.97 Å². The molecule has 0 aliphatic heterocycles. The molecule has 0 atom stereocenters. The average molecular weight is 514 g/mol. The van der Waals surface area contributed by atoms with E-state index in [2.05, 4.69) is 37.9 Å². The number of benzene rings is 2. The zero-order valence-electron chi connectivity index (χ0n) is 22.8. The molecule has 0 N–H and O–H groups in total. The minimum atomic E-state index is -0.532. The van der Waals surface area contributed by atoms with Gasteiger partial charge in [-0.2, -0.15) is 0 Å². The van der Waals surface area contributed by atoms with Crippen molar-refractivity contribution in [3.8, 4) is 5.69 Å². The Balaban J connectivity index is 1.43. The SMILES string of the molecule is CCCCn1c(=O)c(CCC(=O)OCC(=O)c2cc(C)n(-c3ccc(C)c(C)c3)c2C)nc2ccccc21. The molecule has 0 radical (unpaired) electrons. The maximum absolute atomic E-state index is 13.1. The molecule has 198 valence electrons. The highest BCUT2D eigenvalue weighted by molar-refractivity contribution is 5.99. The van der Waals surface area contributed by atoms with Gasteiger partial charge < -0.3 is 13.9 Å². The van der Waals surface area contributed by atoms with E-state index in [0.717, 1.165) is 41.0 Å². The molecule has 0 aliphatic rings. The number of para-hydroxylation sites is 2. The number of carbonyl (C=O) groups is 2. The second-order valence-corrected chi connectivity index (χ2v) is 9.83. The second-order valence-electron chi connectivity index (χ2n) is 9.83. The van der Waals surface area contributed by atoms with Crippen molar-refractivity contribution in [1.29, 1.82) is 0 Å². The van der Waals surface area contributed by atoms with E-state index in [4.69, 9.17) is 4.74 Å². The van der Waals surface area contributed by atoms with E-state index < -0.39 is 5.97 Å². The second kappa shape index (κ2) is 11.6. The first kappa shape index (κ1) is 27.0. The Labute approximate surface area is 223 Å². The molecule has 0 unspecified atom stereocenters. The Morgan fingerprint density at radius 3 is 2.47 bits per heavy atom. The zero-order valence-corrected chi connectivity index (χ0v) is 22.8. The predicted molar refractivity (Wildman–Crippen MR) is 149 cm³/mol. The van der Waals surface area contributed by atoms with E-state index in [-0.39, 0.29) is 30.8 Å². The van der Waals surface area contributed by atoms with E-state index >= 15 is 0 Å². The first-order valence-electron chi connectivity index (χ1n) is 13.1. The van der Waals surface area contributed by atoms with Crippen LogP contribution in [0.25, 0.3) is 16.7 Å². The summed E-state index contributed by atoms with van der Waals surface area (Å²) in [5.74, 6) is -0.789. The number of esters is 1. The summed E-state index contributed by atoms with van der Waals surface area (Å²) < 4.78 is 9.09. The van der Waals surface area contributed by atoms with Crippen molar-refractivity contribution >= 4 is 22.8 Å². The minimum absolute atomic E-state index is 0.0245. The Kier molecular flexibility index (Phi) is 8.25. The minimum Gasteiger partial charge on any atom is -0.457 e. The number of rotatable bonds is 10. The summed E-state index contributed by atoms with van der Waals surface area (Å²) in [5, 5.41) is 0. The van der Waals surface area contributed by atoms with Crippen LogP contribution in [0.15, 0.2) is 53.3 Å². The smallest absolute Gasteiger partial charge is 0.306 e. The maximum atomic E-state index is 13.1. The van der Waals surface area contributed by atoms with Gasteiger partial charge in [-0.1, -0.05) is 31.5 Å². The van der Waals surface area contributed by atoms with Crippen LogP contribution in [0.4, 0.5) is 0 Å². The molecule has 7 heteroatoms. The van der Waals surface area contributed by atoms with Gasteiger partial charge in [-0.15, -0.1) is 0 Å². The van der Waals surface area contributed by atoms with Crippen molar-refractivity contribution in [1.82, 2.24) is 14.1 Å². The number of nitrogens with zero attached hydrogens (tertiary/aromatic N) is 3. The Morgan fingerprint density at radius 1 is 0.974 bits per heavy atom. The highest BCUT2D eigenvalue weighted by Crippen LogP contribution is 2.23. The normalized spacial score (nSPS) is 11.2. The summed E-state index contributed by atoms with van der Waals surface area (Å²) in [6.45, 7) is 10.3. The lowest BCUT2D eigenvalue weighted by Crippen LogP contribution is -2.26. The molecule has 4 aromatic rings. The molecule has 2 aromatic carbocycles. The van der Waals surface area contributed by atoms with Crippen molar-refractivity contribution in [2.45, 2.75) is 66.8 Å². The zero-order chi connectivity index (χ0) is 27.4. The molecular weight excluding hydrogens is 478 g/mol. The third kappa shape index (κ3) is 5.62. The molecule has 0 aliphatic carbocycles. The van der Waals surface area contributed by atoms with Gasteiger partial charge in [-0.25, -0.2) is 4.98 Å². The molecule has 0 fully saturated rings. The highest BCUT2D eigenvalue weighted by atomic mass is 16.5. The molecule has 0 saturated heterocycles. The number of Topliss-reactive ketones (excluding diaryl/α,β-unsaturated/α-hetero) is 1. The van der Waals surface area contributed by atoms with Crippen molar-refractivity contribution in [3.63, 3.8) is 0 Å². The van der Waals surface area contributed by atoms with Crippen molar-refractivity contribution in [2.75, 3.05) is 6.61 Å². The molecule has 2 heterocycles. The molecule has 0 saturated carbocycles. The van der Waals surface area contributed by atoms with Crippen molar-refractivity contribution < 1.29 is 14.3 Å². The molecule has 7 nitrogen and oxygen atoms in total. The molecule has 2 aromatic heterocycles. The fourth-order valence-electron chi connectivity index (χ4n) is 4.77. The number of carbonyl (C=O) groups excluding carboxylic acids is 2. The van der Waals surface area contributed by atoms with Crippen LogP contribution in [-0.4, -0.2) is 32.5 Å². The number of aromatic nitrogens is 3. The number of hydrogen-bond donors (Lipinski definition) is 0. The fraction of sp³-hybridized carbons (Fsp3) is 0.355. The third-order valence-corrected chi connectivity index (χ3v) is 7.07. The third-order valence-electron chi connectivity index (χ3n) is 7.07. The van der Waals surface area contributed by atoms with Gasteiger partial charge in [-0.05, 0) is 75.6 Å². The van der Waals surface area contributed by atoms with Crippen LogP contribution in [-0.2, 0) is 22.5 Å². The summed E-state index contributed by atoms with van der Waals surface area (Å²) in [5.41, 5.74) is 7.31. The van der Waals surface area contributed by atoms with Crippen LogP contribution in [0.1, 0.15) is 64.8 Å². The van der Waals surface area contributed by atoms with Crippen LogP contribution in [0.3, 0.4) is 0 Å². The number of hydrogen-bond acceptors (Lipinski definition) is 5. The van der Waals surface area contributed by atoms with Crippen molar-refractivity contribution in [3.05, 3.63) is 92.7 Å². The van der Waals surface area contributed by atoms with Crippen molar-refractivity contribution in [2.24, 2.45) is 0 Å². The molecule has 0 amide bonds. The van der Waals surface area contributed by atoms with E-state index in [0.29, 0.717) is 17.8 Å². The number of ether oxygens (including phenoxy) is 1. The maximum Gasteiger partial charge on any atom is 0.306 e. The highest BCUT2D eigenvalue weighted by Gasteiger charge is 2.19. The van der Waals surface area contributed by atoms with Crippen LogP contribution in [0, 0.1) is 27.7 Å². The largest absolute Gasteiger partial charge is 0.457 e. The van der Waals surface area contributed by atoms with Gasteiger partial charge in [0.1, 0.15) is 5.69 Å². The quantitative estimate of drug-likeness (QED) is 0.204. The molecule has 4 rings (SSSR count). The lowest BCUT2D eigenvalue weighted by Gasteiger charge is -2.12. The van der Waals surface area contributed by atoms with Gasteiger partial charge in [0.2, 0.25) is 5.78 Å². The van der Waals surface area contributed by atoms with E-state index in [1.807, 2.05) is 54.8 Å². The van der Waals surface area contributed by atoms with E-state index in [1.165, 1.54) is 11.1 Å². The van der Waals surface area contributed by atoms with E-state index in [1.54, 1.807) is 4.57 Å². The number of ketones is 1. The molecule has 38 heavy (non-hydrogen) atoms.